The third-order valence-electron chi connectivity index (χ3n) is 8.15. The Labute approximate surface area is 332 Å². The summed E-state index contributed by atoms with van der Waals surface area (Å²) in [4.78, 5) is 22.4. The molecule has 270 valence electrons. The summed E-state index contributed by atoms with van der Waals surface area (Å²) in [6, 6.07) is 46.1. The molecule has 0 aliphatic carbocycles. The molecule has 0 spiro atoms. The first-order valence-corrected chi connectivity index (χ1v) is 19.9. The van der Waals surface area contributed by atoms with Crippen molar-refractivity contribution < 1.29 is 9.47 Å². The van der Waals surface area contributed by atoms with E-state index in [1.807, 2.05) is 109 Å². The van der Waals surface area contributed by atoms with Crippen molar-refractivity contribution in [3.63, 3.8) is 0 Å². The summed E-state index contributed by atoms with van der Waals surface area (Å²) in [5, 5.41) is 9.13. The van der Waals surface area contributed by atoms with Crippen LogP contribution in [-0.2, 0) is 0 Å². The molecule has 0 N–H and O–H groups in total. The summed E-state index contributed by atoms with van der Waals surface area (Å²) in [5.74, 6) is 1.54. The van der Waals surface area contributed by atoms with Crippen LogP contribution in [-0.4, -0.2) is 39.1 Å². The minimum Gasteiger partial charge on any atom is -0.497 e. The Kier molecular flexibility index (Phi) is 12.5. The Morgan fingerprint density at radius 3 is 1.49 bits per heavy atom. The maximum absolute atomic E-state index is 5.44. The van der Waals surface area contributed by atoms with Gasteiger partial charge in [-0.25, -0.2) is 15.0 Å². The third kappa shape index (κ3) is 9.62. The van der Waals surface area contributed by atoms with Crippen LogP contribution in [0.25, 0.3) is 65.6 Å². The van der Waals surface area contributed by atoms with Crippen molar-refractivity contribution in [2.75, 3.05) is 14.2 Å². The molecule has 4 aromatic carbocycles. The van der Waals surface area contributed by atoms with Gasteiger partial charge >= 0.3 is 0 Å². The quantitative estimate of drug-likeness (QED) is 0.152. The van der Waals surface area contributed by atoms with Crippen molar-refractivity contribution >= 4 is 34.0 Å². The first-order chi connectivity index (χ1) is 27.2. The fourth-order valence-corrected chi connectivity index (χ4v) is 7.86. The number of pyridine rings is 2. The van der Waals surface area contributed by atoms with Crippen LogP contribution >= 0.6 is 34.0 Å². The van der Waals surface area contributed by atoms with Crippen LogP contribution in [0.5, 0.6) is 11.5 Å². The maximum Gasteiger partial charge on any atom is 0.142 e. The smallest absolute Gasteiger partial charge is 0.142 e. The summed E-state index contributed by atoms with van der Waals surface area (Å²) < 4.78 is 10.7. The van der Waals surface area contributed by atoms with Gasteiger partial charge in [0.2, 0.25) is 0 Å². The molecule has 55 heavy (non-hydrogen) atoms. The van der Waals surface area contributed by atoms with Crippen LogP contribution in [0.1, 0.15) is 0 Å². The monoisotopic (exact) mass is 773 g/mol. The number of thiazole rings is 3. The number of hydrogen-bond acceptors (Lipinski definition) is 10. The predicted molar refractivity (Wildman–Crippen MR) is 228 cm³/mol. The summed E-state index contributed by atoms with van der Waals surface area (Å²) in [6.07, 6.45) is 5.40. The molecule has 10 heteroatoms. The molecule has 0 saturated carbocycles. The highest BCUT2D eigenvalue weighted by Crippen LogP contribution is 2.37. The van der Waals surface area contributed by atoms with Crippen LogP contribution in [0.4, 0.5) is 0 Å². The molecule has 0 bridgehead atoms. The van der Waals surface area contributed by atoms with Gasteiger partial charge in [-0.1, -0.05) is 97.1 Å². The standard InChI is InChI=1S/C17H15NO2S.2C14H10N2S/c1-19-13-8-9-14(16(10-13)20-2)17-18-15(11-21-17)12-6-4-3-5-7-12;1-2-6-11(7-3-1)13-10-17-14(16-13)12-8-4-5-9-15-12;1-2-5-11(6-3-1)13-10-17-14(16-13)12-7-4-8-15-9-12/h3-11H,1-2H3;2*1-10H. The molecule has 5 heterocycles. The van der Waals surface area contributed by atoms with Gasteiger partial charge in [-0.2, -0.15) is 0 Å². The van der Waals surface area contributed by atoms with Crippen LogP contribution < -0.4 is 9.47 Å². The lowest BCUT2D eigenvalue weighted by molar-refractivity contribution is 0.395. The summed E-state index contributed by atoms with van der Waals surface area (Å²) in [6.45, 7) is 0. The van der Waals surface area contributed by atoms with Crippen molar-refractivity contribution in [3.05, 3.63) is 174 Å². The van der Waals surface area contributed by atoms with Crippen LogP contribution in [0.3, 0.4) is 0 Å². The molecule has 9 rings (SSSR count). The Bertz CT molecular complexity index is 2290. The van der Waals surface area contributed by atoms with Crippen molar-refractivity contribution in [1.82, 2.24) is 24.9 Å². The minimum absolute atomic E-state index is 0.767. The van der Waals surface area contributed by atoms with E-state index in [0.29, 0.717) is 0 Å². The number of hydrogen-bond donors (Lipinski definition) is 0. The van der Waals surface area contributed by atoms with E-state index in [9.17, 15) is 0 Å². The molecule has 5 aromatic heterocycles. The molecule has 0 unspecified atom stereocenters. The second-order valence-corrected chi connectivity index (χ2v) is 14.3. The number of benzene rings is 4. The van der Waals surface area contributed by atoms with E-state index in [4.69, 9.17) is 14.5 Å². The van der Waals surface area contributed by atoms with E-state index in [1.54, 1.807) is 60.6 Å². The summed E-state index contributed by atoms with van der Waals surface area (Å²) in [5.41, 5.74) is 9.40. The van der Waals surface area contributed by atoms with Crippen molar-refractivity contribution in [1.29, 1.82) is 0 Å². The van der Waals surface area contributed by atoms with Gasteiger partial charge in [0.05, 0.1) is 42.6 Å². The highest BCUT2D eigenvalue weighted by molar-refractivity contribution is 7.14. The fraction of sp³-hybridized carbons (Fsp3) is 0.0444. The third-order valence-corrected chi connectivity index (χ3v) is 10.8. The zero-order chi connectivity index (χ0) is 37.7. The van der Waals surface area contributed by atoms with E-state index in [0.717, 1.165) is 77.1 Å². The van der Waals surface area contributed by atoms with Gasteiger partial charge in [0.15, 0.2) is 0 Å². The average Bonchev–Trinajstić information content (AvgIpc) is 4.08. The van der Waals surface area contributed by atoms with E-state index >= 15 is 0 Å². The van der Waals surface area contributed by atoms with Crippen LogP contribution in [0, 0.1) is 0 Å². The lowest BCUT2D eigenvalue weighted by Crippen LogP contribution is -1.90. The van der Waals surface area contributed by atoms with Gasteiger partial charge in [-0.15, -0.1) is 34.0 Å². The molecular weight excluding hydrogens is 739 g/mol. The average molecular weight is 774 g/mol. The first-order valence-electron chi connectivity index (χ1n) is 17.3. The van der Waals surface area contributed by atoms with E-state index in [1.165, 1.54) is 0 Å². The highest BCUT2D eigenvalue weighted by Gasteiger charge is 2.13. The topological polar surface area (TPSA) is 82.9 Å². The molecular formula is C45H35N5O2S3. The lowest BCUT2D eigenvalue weighted by atomic mass is 10.1. The zero-order valence-corrected chi connectivity index (χ0v) is 32.5. The predicted octanol–water partition coefficient (Wildman–Crippen LogP) is 12.2. The SMILES string of the molecule is COc1ccc(-c2nc(-c3ccccc3)cs2)c(OC)c1.c1ccc(-c2csc(-c3ccccn3)n2)cc1.c1ccc(-c2csc(-c3cccnc3)n2)cc1. The fourth-order valence-electron chi connectivity index (χ4n) is 5.37. The number of rotatable bonds is 8. The van der Waals surface area contributed by atoms with Gasteiger partial charge in [-0.05, 0) is 36.4 Å². The molecule has 0 aliphatic rings. The van der Waals surface area contributed by atoms with Crippen LogP contribution in [0.2, 0.25) is 0 Å². The number of aromatic nitrogens is 5. The lowest BCUT2D eigenvalue weighted by Gasteiger charge is -2.08. The van der Waals surface area contributed by atoms with Gasteiger partial charge in [-0.3, -0.25) is 9.97 Å². The molecule has 0 atom stereocenters. The highest BCUT2D eigenvalue weighted by atomic mass is 32.1. The van der Waals surface area contributed by atoms with E-state index in [-0.39, 0.29) is 0 Å². The van der Waals surface area contributed by atoms with Crippen molar-refractivity contribution in [3.8, 4) is 77.1 Å². The minimum atomic E-state index is 0.767. The zero-order valence-electron chi connectivity index (χ0n) is 30.0. The van der Waals surface area contributed by atoms with E-state index in [2.05, 4.69) is 72.5 Å². The Morgan fingerprint density at radius 1 is 0.436 bits per heavy atom. The Balaban J connectivity index is 0.000000128. The molecule has 0 saturated heterocycles. The maximum atomic E-state index is 5.44. The van der Waals surface area contributed by atoms with Crippen LogP contribution in [0.15, 0.2) is 174 Å². The second-order valence-electron chi connectivity index (χ2n) is 11.7. The Hall–Kier alpha value is -6.33. The first kappa shape index (κ1) is 37.0. The molecule has 0 fully saturated rings. The van der Waals surface area contributed by atoms with Crippen molar-refractivity contribution in [2.45, 2.75) is 0 Å². The number of methoxy groups -OCH3 is 2. The molecule has 0 radical (unpaired) electrons. The van der Waals surface area contributed by atoms with E-state index < -0.39 is 0 Å². The number of ether oxygens (including phenoxy) is 2. The molecule has 0 amide bonds. The Morgan fingerprint density at radius 2 is 0.964 bits per heavy atom. The van der Waals surface area contributed by atoms with Crippen molar-refractivity contribution in [2.24, 2.45) is 0 Å². The second kappa shape index (κ2) is 18.6. The summed E-state index contributed by atoms with van der Waals surface area (Å²) >= 11 is 4.88. The summed E-state index contributed by atoms with van der Waals surface area (Å²) in [7, 11) is 3.30. The van der Waals surface area contributed by atoms with Gasteiger partial charge in [0, 0.05) is 63.1 Å². The normalized spacial score (nSPS) is 10.4. The molecule has 9 aromatic rings. The largest absolute Gasteiger partial charge is 0.497 e. The molecule has 7 nitrogen and oxygen atoms in total. The van der Waals surface area contributed by atoms with Gasteiger partial charge in [0.1, 0.15) is 26.5 Å². The number of nitrogens with zero attached hydrogens (tertiary/aromatic N) is 5. The molecule has 0 aliphatic heterocycles. The van der Waals surface area contributed by atoms with Gasteiger partial charge < -0.3 is 9.47 Å². The van der Waals surface area contributed by atoms with Gasteiger partial charge in [0.25, 0.3) is 0 Å².